The molecule has 8 nitrogen and oxygen atoms in total. The van der Waals surface area contributed by atoms with E-state index in [9.17, 15) is 12.8 Å². The molecule has 0 saturated heterocycles. The molecule has 0 saturated carbocycles. The van der Waals surface area contributed by atoms with Crippen LogP contribution in [0.1, 0.15) is 11.3 Å². The van der Waals surface area contributed by atoms with E-state index in [-0.39, 0.29) is 16.7 Å². The van der Waals surface area contributed by atoms with E-state index >= 15 is 0 Å². The summed E-state index contributed by atoms with van der Waals surface area (Å²) in [6.07, 6.45) is 1.46. The summed E-state index contributed by atoms with van der Waals surface area (Å²) < 4.78 is 38.8. The number of fused-ring (bicyclic) bond motifs is 1. The molecule has 2 aromatic carbocycles. The standard InChI is InChI=1S/C19H17FN6O2S/c1-12-8-15-16(6-3-7-17(15)29(21,27)28)26(12)19-24-18(11-23-25-19)22-10-13-4-2-5-14(20)9-13/h2-9,11H,10H2,1H3,(H2,21,27,28)(H,22,24,25). The molecule has 0 unspecified atom stereocenters. The van der Waals surface area contributed by atoms with Crippen molar-refractivity contribution in [2.75, 3.05) is 5.32 Å². The Morgan fingerprint density at radius 1 is 1.17 bits per heavy atom. The van der Waals surface area contributed by atoms with Crippen LogP contribution < -0.4 is 10.5 Å². The monoisotopic (exact) mass is 412 g/mol. The first-order chi connectivity index (χ1) is 13.8. The van der Waals surface area contributed by atoms with Crippen LogP contribution >= 0.6 is 0 Å². The van der Waals surface area contributed by atoms with E-state index in [0.29, 0.717) is 23.3 Å². The van der Waals surface area contributed by atoms with Gasteiger partial charge in [-0.2, -0.15) is 10.1 Å². The number of aromatic nitrogens is 4. The molecular formula is C19H17FN6O2S. The van der Waals surface area contributed by atoms with Gasteiger partial charge < -0.3 is 5.32 Å². The summed E-state index contributed by atoms with van der Waals surface area (Å²) in [6.45, 7) is 2.17. The highest BCUT2D eigenvalue weighted by atomic mass is 32.2. The third-order valence-electron chi connectivity index (χ3n) is 4.41. The van der Waals surface area contributed by atoms with Crippen molar-refractivity contribution in [3.05, 3.63) is 71.8 Å². The van der Waals surface area contributed by atoms with E-state index in [1.807, 2.05) is 6.92 Å². The Kier molecular flexibility index (Phi) is 4.73. The van der Waals surface area contributed by atoms with Crippen molar-refractivity contribution in [3.8, 4) is 5.95 Å². The minimum atomic E-state index is -3.88. The third kappa shape index (κ3) is 3.80. The Labute approximate surface area is 166 Å². The van der Waals surface area contributed by atoms with Crippen LogP contribution in [0.15, 0.2) is 59.6 Å². The molecule has 4 rings (SSSR count). The van der Waals surface area contributed by atoms with Crippen LogP contribution in [-0.4, -0.2) is 28.2 Å². The summed E-state index contributed by atoms with van der Waals surface area (Å²) in [5, 5.41) is 16.9. The van der Waals surface area contributed by atoms with Crippen LogP contribution in [0.5, 0.6) is 0 Å². The summed E-state index contributed by atoms with van der Waals surface area (Å²) in [7, 11) is -3.88. The normalized spacial score (nSPS) is 11.7. The zero-order chi connectivity index (χ0) is 20.6. The molecule has 0 fully saturated rings. The molecule has 0 amide bonds. The highest BCUT2D eigenvalue weighted by Gasteiger charge is 2.18. The number of aryl methyl sites for hydroxylation is 1. The van der Waals surface area contributed by atoms with E-state index in [0.717, 1.165) is 11.3 Å². The summed E-state index contributed by atoms with van der Waals surface area (Å²) in [6, 6.07) is 12.8. The highest BCUT2D eigenvalue weighted by molar-refractivity contribution is 7.89. The molecule has 0 spiro atoms. The predicted molar refractivity (Wildman–Crippen MR) is 106 cm³/mol. The molecule has 0 atom stereocenters. The number of nitrogens with two attached hydrogens (primary N) is 1. The predicted octanol–water partition coefficient (Wildman–Crippen LogP) is 2.52. The van der Waals surface area contributed by atoms with Crippen molar-refractivity contribution in [2.24, 2.45) is 5.14 Å². The lowest BCUT2D eigenvalue weighted by Crippen LogP contribution is -2.12. The Hall–Kier alpha value is -3.37. The molecule has 3 N–H and O–H groups in total. The Balaban J connectivity index is 1.72. The van der Waals surface area contributed by atoms with Gasteiger partial charge in [-0.25, -0.2) is 17.9 Å². The largest absolute Gasteiger partial charge is 0.365 e. The number of anilines is 1. The van der Waals surface area contributed by atoms with Crippen LogP contribution in [0.3, 0.4) is 0 Å². The number of hydrogen-bond donors (Lipinski definition) is 2. The van der Waals surface area contributed by atoms with Gasteiger partial charge in [-0.15, -0.1) is 5.10 Å². The van der Waals surface area contributed by atoms with Crippen LogP contribution in [0, 0.1) is 12.7 Å². The SMILES string of the molecule is Cc1cc2c(S(N)(=O)=O)cccc2n1-c1nncc(NCc2cccc(F)c2)n1. The number of nitrogens with one attached hydrogen (secondary N) is 1. The smallest absolute Gasteiger partial charge is 0.256 e. The zero-order valence-corrected chi connectivity index (χ0v) is 16.2. The minimum absolute atomic E-state index is 0.0326. The highest BCUT2D eigenvalue weighted by Crippen LogP contribution is 2.27. The number of primary sulfonamides is 1. The van der Waals surface area contributed by atoms with Gasteiger partial charge in [-0.1, -0.05) is 18.2 Å². The van der Waals surface area contributed by atoms with Gasteiger partial charge in [0, 0.05) is 17.6 Å². The fourth-order valence-electron chi connectivity index (χ4n) is 3.16. The van der Waals surface area contributed by atoms with Gasteiger partial charge in [0.05, 0.1) is 16.6 Å². The second kappa shape index (κ2) is 7.22. The molecule has 4 aromatic rings. The summed E-state index contributed by atoms with van der Waals surface area (Å²) in [4.78, 5) is 4.49. The number of hydrogen-bond acceptors (Lipinski definition) is 6. The Morgan fingerprint density at radius 3 is 2.72 bits per heavy atom. The first-order valence-corrected chi connectivity index (χ1v) is 10.2. The van der Waals surface area contributed by atoms with Crippen LogP contribution in [0.2, 0.25) is 0 Å². The molecule has 2 aromatic heterocycles. The van der Waals surface area contributed by atoms with Crippen molar-refractivity contribution in [1.29, 1.82) is 0 Å². The first kappa shape index (κ1) is 19.0. The van der Waals surface area contributed by atoms with Crippen molar-refractivity contribution >= 4 is 26.7 Å². The van der Waals surface area contributed by atoms with Gasteiger partial charge in [0.15, 0.2) is 5.82 Å². The Bertz CT molecular complexity index is 1320. The summed E-state index contributed by atoms with van der Waals surface area (Å²) >= 11 is 0. The molecule has 29 heavy (non-hydrogen) atoms. The summed E-state index contributed by atoms with van der Waals surface area (Å²) in [5.41, 5.74) is 2.07. The third-order valence-corrected chi connectivity index (χ3v) is 5.38. The van der Waals surface area contributed by atoms with E-state index in [4.69, 9.17) is 5.14 Å². The maximum Gasteiger partial charge on any atom is 0.256 e. The average Bonchev–Trinajstić information content (AvgIpc) is 3.01. The lowest BCUT2D eigenvalue weighted by Gasteiger charge is -2.09. The summed E-state index contributed by atoms with van der Waals surface area (Å²) in [5.74, 6) is 0.405. The maximum absolute atomic E-state index is 13.3. The van der Waals surface area contributed by atoms with Crippen molar-refractivity contribution in [3.63, 3.8) is 0 Å². The average molecular weight is 412 g/mol. The number of nitrogens with zero attached hydrogens (tertiary/aromatic N) is 4. The second-order valence-electron chi connectivity index (χ2n) is 6.48. The van der Waals surface area contributed by atoms with Crippen molar-refractivity contribution in [2.45, 2.75) is 18.4 Å². The van der Waals surface area contributed by atoms with E-state index in [1.165, 1.54) is 24.4 Å². The van der Waals surface area contributed by atoms with Gasteiger partial charge in [0.2, 0.25) is 10.0 Å². The lowest BCUT2D eigenvalue weighted by atomic mass is 10.2. The molecule has 2 heterocycles. The number of sulfonamides is 1. The number of benzene rings is 2. The van der Waals surface area contributed by atoms with Gasteiger partial charge in [0.25, 0.3) is 5.95 Å². The van der Waals surface area contributed by atoms with E-state index in [1.54, 1.807) is 34.9 Å². The maximum atomic E-state index is 13.3. The Morgan fingerprint density at radius 2 is 1.97 bits per heavy atom. The van der Waals surface area contributed by atoms with Crippen molar-refractivity contribution in [1.82, 2.24) is 19.7 Å². The quantitative estimate of drug-likeness (QED) is 0.520. The molecular weight excluding hydrogens is 395 g/mol. The lowest BCUT2D eigenvalue weighted by molar-refractivity contribution is 0.598. The molecule has 10 heteroatoms. The van der Waals surface area contributed by atoms with Gasteiger partial charge in [0.1, 0.15) is 5.82 Å². The molecule has 148 valence electrons. The topological polar surface area (TPSA) is 116 Å². The first-order valence-electron chi connectivity index (χ1n) is 8.65. The molecule has 0 aliphatic rings. The zero-order valence-electron chi connectivity index (χ0n) is 15.4. The van der Waals surface area contributed by atoms with E-state index < -0.39 is 10.0 Å². The van der Waals surface area contributed by atoms with Gasteiger partial charge in [-0.05, 0) is 42.8 Å². The van der Waals surface area contributed by atoms with Crippen LogP contribution in [0.25, 0.3) is 16.9 Å². The van der Waals surface area contributed by atoms with Gasteiger partial charge in [-0.3, -0.25) is 4.57 Å². The molecule has 0 bridgehead atoms. The van der Waals surface area contributed by atoms with Crippen LogP contribution in [0.4, 0.5) is 10.2 Å². The van der Waals surface area contributed by atoms with Gasteiger partial charge >= 0.3 is 0 Å². The number of halogens is 1. The molecule has 0 radical (unpaired) electrons. The minimum Gasteiger partial charge on any atom is -0.365 e. The van der Waals surface area contributed by atoms with Crippen LogP contribution in [-0.2, 0) is 16.6 Å². The number of rotatable bonds is 5. The van der Waals surface area contributed by atoms with E-state index in [2.05, 4.69) is 20.5 Å². The fourth-order valence-corrected chi connectivity index (χ4v) is 3.90. The fraction of sp³-hybridized carbons (Fsp3) is 0.105. The molecule has 0 aliphatic carbocycles. The second-order valence-corrected chi connectivity index (χ2v) is 8.01. The molecule has 0 aliphatic heterocycles. The van der Waals surface area contributed by atoms with Crippen molar-refractivity contribution < 1.29 is 12.8 Å².